The zero-order valence-electron chi connectivity index (χ0n) is 15.7. The molecule has 0 N–H and O–H groups in total. The summed E-state index contributed by atoms with van der Waals surface area (Å²) in [6, 6.07) is 11.8. The van der Waals surface area contributed by atoms with Gasteiger partial charge in [0.05, 0.1) is 34.8 Å². The fourth-order valence-electron chi connectivity index (χ4n) is 4.92. The number of methoxy groups -OCH3 is 1. The molecule has 0 unspecified atom stereocenters. The molecule has 0 saturated carbocycles. The molecule has 2 aromatic carbocycles. The van der Waals surface area contributed by atoms with Gasteiger partial charge in [0.2, 0.25) is 5.91 Å². The lowest BCUT2D eigenvalue weighted by Crippen LogP contribution is -2.44. The van der Waals surface area contributed by atoms with Gasteiger partial charge in [-0.2, -0.15) is 0 Å². The van der Waals surface area contributed by atoms with E-state index in [9.17, 15) is 9.59 Å². The quantitative estimate of drug-likeness (QED) is 0.695. The van der Waals surface area contributed by atoms with Gasteiger partial charge in [-0.15, -0.1) is 0 Å². The minimum atomic E-state index is -0.563. The summed E-state index contributed by atoms with van der Waals surface area (Å²) in [5.41, 5.74) is 1.17. The maximum atomic E-state index is 13.6. The number of carbonyl (C=O) groups excluding carboxylic acids is 2. The fourth-order valence-corrected chi connectivity index (χ4v) is 5.49. The first-order chi connectivity index (χ1) is 14.0. The van der Waals surface area contributed by atoms with E-state index in [1.165, 1.54) is 4.90 Å². The highest BCUT2D eigenvalue weighted by atomic mass is 35.5. The van der Waals surface area contributed by atoms with Crippen LogP contribution in [-0.2, 0) is 9.59 Å². The second-order valence-electron chi connectivity index (χ2n) is 7.42. The molecule has 0 spiro atoms. The average molecular weight is 432 g/mol. The Morgan fingerprint density at radius 2 is 1.55 bits per heavy atom. The number of nitrogens with zero attached hydrogens (tertiary/aromatic N) is 3. The number of imide groups is 1. The molecule has 0 bridgehead atoms. The molecule has 3 aliphatic rings. The lowest BCUT2D eigenvalue weighted by molar-refractivity contribution is -0.126. The van der Waals surface area contributed by atoms with Gasteiger partial charge in [0.15, 0.2) is 0 Å². The maximum Gasteiger partial charge on any atom is 0.253 e. The summed E-state index contributed by atoms with van der Waals surface area (Å²) < 4.78 is 5.57. The van der Waals surface area contributed by atoms with E-state index in [-0.39, 0.29) is 33.6 Å². The van der Waals surface area contributed by atoms with E-state index >= 15 is 0 Å². The van der Waals surface area contributed by atoms with Crippen LogP contribution in [0.25, 0.3) is 0 Å². The first-order valence-corrected chi connectivity index (χ1v) is 10.3. The van der Waals surface area contributed by atoms with Crippen molar-refractivity contribution in [3.63, 3.8) is 0 Å². The Morgan fingerprint density at radius 3 is 2.24 bits per heavy atom. The standard InChI is InChI=1S/C21H19Cl2N3O3/c1-29-15-9-3-2-6-12(15)17-16-19(25-11-5-10-24(17)25)21(28)26(20(16)27)18-13(22)7-4-8-14(18)23/h2-4,6-9,16-17,19H,5,10-11H2,1H3/t16-,17+,19-/m1/s1. The molecule has 0 aliphatic carbocycles. The first-order valence-electron chi connectivity index (χ1n) is 9.52. The third-order valence-electron chi connectivity index (χ3n) is 6.02. The second-order valence-corrected chi connectivity index (χ2v) is 8.23. The summed E-state index contributed by atoms with van der Waals surface area (Å²) in [5.74, 6) is -0.398. The van der Waals surface area contributed by atoms with Crippen molar-refractivity contribution in [2.45, 2.75) is 18.5 Å². The van der Waals surface area contributed by atoms with Crippen LogP contribution < -0.4 is 9.64 Å². The molecule has 2 aromatic rings. The Labute approximate surface area is 178 Å². The Balaban J connectivity index is 1.64. The van der Waals surface area contributed by atoms with Crippen LogP contribution >= 0.6 is 23.2 Å². The SMILES string of the molecule is COc1ccccc1[C@H]1[C@H]2C(=O)N(c3c(Cl)cccc3Cl)C(=O)[C@@H]2N2CCCN12. The minimum absolute atomic E-state index is 0.268. The molecule has 2 amide bonds. The molecule has 150 valence electrons. The molecule has 3 aliphatic heterocycles. The average Bonchev–Trinajstić information content (AvgIpc) is 3.36. The van der Waals surface area contributed by atoms with Gasteiger partial charge in [0.25, 0.3) is 5.91 Å². The van der Waals surface area contributed by atoms with Crippen molar-refractivity contribution in [1.82, 2.24) is 10.0 Å². The van der Waals surface area contributed by atoms with Gasteiger partial charge in [0, 0.05) is 18.7 Å². The molecule has 5 rings (SSSR count). The van der Waals surface area contributed by atoms with Crippen molar-refractivity contribution in [2.24, 2.45) is 5.92 Å². The molecule has 3 saturated heterocycles. The Hall–Kier alpha value is -2.12. The molecule has 0 aromatic heterocycles. The molecule has 0 radical (unpaired) electrons. The zero-order chi connectivity index (χ0) is 20.3. The number of halogens is 2. The number of hydrogen-bond donors (Lipinski definition) is 0. The van der Waals surface area contributed by atoms with Crippen LogP contribution in [0.2, 0.25) is 10.0 Å². The van der Waals surface area contributed by atoms with Crippen LogP contribution in [0.15, 0.2) is 42.5 Å². The van der Waals surface area contributed by atoms with Gasteiger partial charge in [-0.3, -0.25) is 9.59 Å². The molecule has 8 heteroatoms. The topological polar surface area (TPSA) is 53.1 Å². The largest absolute Gasteiger partial charge is 0.496 e. The number of fused-ring (bicyclic) bond motifs is 3. The molecule has 29 heavy (non-hydrogen) atoms. The van der Waals surface area contributed by atoms with Crippen molar-refractivity contribution < 1.29 is 14.3 Å². The first kappa shape index (κ1) is 18.9. The second kappa shape index (κ2) is 6.99. The van der Waals surface area contributed by atoms with E-state index in [0.717, 1.165) is 25.1 Å². The summed E-state index contributed by atoms with van der Waals surface area (Å²) in [7, 11) is 1.62. The number of hydrogen-bond acceptors (Lipinski definition) is 5. The van der Waals surface area contributed by atoms with Crippen molar-refractivity contribution in [3.8, 4) is 5.75 Å². The maximum absolute atomic E-state index is 13.6. The predicted molar refractivity (Wildman–Crippen MR) is 110 cm³/mol. The van der Waals surface area contributed by atoms with Gasteiger partial charge in [-0.05, 0) is 24.6 Å². The monoisotopic (exact) mass is 431 g/mol. The number of ether oxygens (including phenoxy) is 1. The summed E-state index contributed by atoms with van der Waals surface area (Å²) in [4.78, 5) is 28.3. The predicted octanol–water partition coefficient (Wildman–Crippen LogP) is 3.54. The van der Waals surface area contributed by atoms with Crippen molar-refractivity contribution in [1.29, 1.82) is 0 Å². The van der Waals surface area contributed by atoms with Crippen LogP contribution in [0.3, 0.4) is 0 Å². The van der Waals surface area contributed by atoms with Crippen LogP contribution in [0.5, 0.6) is 5.75 Å². The molecule has 3 atom stereocenters. The van der Waals surface area contributed by atoms with Gasteiger partial charge in [-0.1, -0.05) is 47.5 Å². The molecule has 6 nitrogen and oxygen atoms in total. The number of amides is 2. The van der Waals surface area contributed by atoms with Crippen molar-refractivity contribution in [3.05, 3.63) is 58.1 Å². The lowest BCUT2D eigenvalue weighted by Gasteiger charge is -2.30. The highest BCUT2D eigenvalue weighted by Gasteiger charge is 2.63. The molecule has 3 heterocycles. The van der Waals surface area contributed by atoms with E-state index < -0.39 is 12.0 Å². The number of anilines is 1. The lowest BCUT2D eigenvalue weighted by atomic mass is 9.89. The Kier molecular flexibility index (Phi) is 4.55. The van der Waals surface area contributed by atoms with E-state index in [1.807, 2.05) is 29.3 Å². The highest BCUT2D eigenvalue weighted by Crippen LogP contribution is 2.51. The number of hydrazine groups is 1. The molecular formula is C21H19Cl2N3O3. The Bertz CT molecular complexity index is 994. The summed E-state index contributed by atoms with van der Waals surface area (Å²) in [6.45, 7) is 1.53. The van der Waals surface area contributed by atoms with Crippen molar-refractivity contribution in [2.75, 3.05) is 25.1 Å². The molecule has 3 fully saturated rings. The van der Waals surface area contributed by atoms with Crippen LogP contribution in [0.1, 0.15) is 18.0 Å². The zero-order valence-corrected chi connectivity index (χ0v) is 17.2. The van der Waals surface area contributed by atoms with Gasteiger partial charge < -0.3 is 4.74 Å². The summed E-state index contributed by atoms with van der Waals surface area (Å²) in [5, 5.41) is 4.75. The highest BCUT2D eigenvalue weighted by molar-refractivity contribution is 6.42. The minimum Gasteiger partial charge on any atom is -0.496 e. The van der Waals surface area contributed by atoms with Crippen LogP contribution in [-0.4, -0.2) is 48.1 Å². The van der Waals surface area contributed by atoms with E-state index in [0.29, 0.717) is 5.75 Å². The molecular weight excluding hydrogens is 413 g/mol. The third-order valence-corrected chi connectivity index (χ3v) is 6.63. The number of benzene rings is 2. The number of rotatable bonds is 3. The normalized spacial score (nSPS) is 26.9. The van der Waals surface area contributed by atoms with Crippen LogP contribution in [0, 0.1) is 5.92 Å². The van der Waals surface area contributed by atoms with E-state index in [2.05, 4.69) is 5.01 Å². The van der Waals surface area contributed by atoms with E-state index in [4.69, 9.17) is 27.9 Å². The van der Waals surface area contributed by atoms with Gasteiger partial charge in [-0.25, -0.2) is 14.9 Å². The number of carbonyl (C=O) groups is 2. The summed E-state index contributed by atoms with van der Waals surface area (Å²) >= 11 is 12.7. The van der Waals surface area contributed by atoms with Crippen molar-refractivity contribution >= 4 is 40.7 Å². The fraction of sp³-hybridized carbons (Fsp3) is 0.333. The van der Waals surface area contributed by atoms with Gasteiger partial charge in [0.1, 0.15) is 11.8 Å². The van der Waals surface area contributed by atoms with Gasteiger partial charge >= 0.3 is 0 Å². The Morgan fingerprint density at radius 1 is 0.897 bits per heavy atom. The summed E-state index contributed by atoms with van der Waals surface area (Å²) in [6.07, 6.45) is 0.934. The van der Waals surface area contributed by atoms with E-state index in [1.54, 1.807) is 25.3 Å². The smallest absolute Gasteiger partial charge is 0.253 e. The third kappa shape index (κ3) is 2.63. The number of para-hydroxylation sites is 2. The van der Waals surface area contributed by atoms with Crippen LogP contribution in [0.4, 0.5) is 5.69 Å².